The normalized spacial score (nSPS) is 28.0. The summed E-state index contributed by atoms with van der Waals surface area (Å²) < 4.78 is 0. The van der Waals surface area contributed by atoms with Crippen molar-refractivity contribution in [2.45, 2.75) is 24.6 Å². The van der Waals surface area contributed by atoms with Gasteiger partial charge in [0.1, 0.15) is 4.87 Å². The minimum absolute atomic E-state index is 0.105. The van der Waals surface area contributed by atoms with Gasteiger partial charge in [0.15, 0.2) is 0 Å². The first-order valence-corrected chi connectivity index (χ1v) is 7.15. The van der Waals surface area contributed by atoms with Crippen molar-refractivity contribution in [3.8, 4) is 0 Å². The summed E-state index contributed by atoms with van der Waals surface area (Å²) in [5.41, 5.74) is 1.97. The monoisotopic (exact) mass is 267 g/mol. The van der Waals surface area contributed by atoms with E-state index >= 15 is 0 Å². The van der Waals surface area contributed by atoms with Gasteiger partial charge in [0.25, 0.3) is 0 Å². The Kier molecular flexibility index (Phi) is 2.73. The molecule has 1 aromatic carbocycles. The topological polar surface area (TPSA) is 20.3 Å². The van der Waals surface area contributed by atoms with E-state index in [4.69, 9.17) is 11.6 Å². The number of thioether (sulfide) groups is 1. The quantitative estimate of drug-likeness (QED) is 0.777. The molecular weight excluding hydrogens is 254 g/mol. The second-order valence-corrected chi connectivity index (χ2v) is 6.23. The molecule has 2 aliphatic rings. The highest BCUT2D eigenvalue weighted by Crippen LogP contribution is 2.55. The van der Waals surface area contributed by atoms with Crippen molar-refractivity contribution in [3.05, 3.63) is 34.3 Å². The van der Waals surface area contributed by atoms with Crippen molar-refractivity contribution < 1.29 is 4.79 Å². The second kappa shape index (κ2) is 4.01. The highest BCUT2D eigenvalue weighted by molar-refractivity contribution is 8.15. The number of benzene rings is 1. The summed E-state index contributed by atoms with van der Waals surface area (Å²) >= 11 is 7.45. The summed E-state index contributed by atoms with van der Waals surface area (Å²) in [5.74, 6) is 0. The lowest BCUT2D eigenvalue weighted by atomic mass is 9.99. The average molecular weight is 268 g/mol. The highest BCUT2D eigenvalue weighted by Gasteiger charge is 2.50. The summed E-state index contributed by atoms with van der Waals surface area (Å²) in [6.07, 6.45) is 2.22. The smallest absolute Gasteiger partial charge is 0.221 e. The molecule has 4 heteroatoms. The Balaban J connectivity index is 2.15. The van der Waals surface area contributed by atoms with Gasteiger partial charge < -0.3 is 0 Å². The average Bonchev–Trinajstić information content (AvgIpc) is 2.83. The number of rotatable bonds is 1. The molecule has 0 saturated carbocycles. The Hall–Kier alpha value is -0.510. The Morgan fingerprint density at radius 2 is 2.35 bits per heavy atom. The van der Waals surface area contributed by atoms with Crippen LogP contribution in [0.4, 0.5) is 0 Å². The first kappa shape index (κ1) is 11.6. The molecule has 90 valence electrons. The van der Waals surface area contributed by atoms with Gasteiger partial charge in [-0.05, 0) is 43.6 Å². The van der Waals surface area contributed by atoms with Crippen molar-refractivity contribution in [3.63, 3.8) is 0 Å². The van der Waals surface area contributed by atoms with Crippen LogP contribution in [0.2, 0.25) is 5.02 Å². The van der Waals surface area contributed by atoms with Crippen LogP contribution in [0.25, 0.3) is 0 Å². The van der Waals surface area contributed by atoms with E-state index in [1.807, 2.05) is 18.2 Å². The van der Waals surface area contributed by atoms with Gasteiger partial charge in [-0.15, -0.1) is 0 Å². The lowest BCUT2D eigenvalue weighted by Crippen LogP contribution is -2.36. The van der Waals surface area contributed by atoms with Crippen molar-refractivity contribution in [2.75, 3.05) is 13.1 Å². The number of carbonyl (C=O) groups excluding carboxylic acids is 1. The third kappa shape index (κ3) is 1.56. The molecule has 1 atom stereocenters. The number of likely N-dealkylation sites (tertiary alicyclic amines) is 1. The van der Waals surface area contributed by atoms with Crippen LogP contribution in [-0.4, -0.2) is 23.1 Å². The van der Waals surface area contributed by atoms with Gasteiger partial charge in [0, 0.05) is 10.6 Å². The molecule has 1 saturated heterocycles. The zero-order chi connectivity index (χ0) is 12.0. The zero-order valence-corrected chi connectivity index (χ0v) is 11.3. The minimum Gasteiger partial charge on any atom is -0.285 e. The molecule has 0 aliphatic carbocycles. The molecule has 2 nitrogen and oxygen atoms in total. The number of nitrogens with zero attached hydrogens (tertiary/aromatic N) is 1. The van der Waals surface area contributed by atoms with Crippen LogP contribution in [0.15, 0.2) is 18.2 Å². The van der Waals surface area contributed by atoms with Crippen LogP contribution in [0.3, 0.4) is 0 Å². The fourth-order valence-corrected chi connectivity index (χ4v) is 4.61. The molecule has 0 N–H and O–H groups in total. The van der Waals surface area contributed by atoms with Crippen LogP contribution >= 0.6 is 23.4 Å². The molecule has 0 radical (unpaired) electrons. The van der Waals surface area contributed by atoms with Crippen LogP contribution in [0.1, 0.15) is 35.7 Å². The van der Waals surface area contributed by atoms with Crippen LogP contribution in [0, 0.1) is 0 Å². The van der Waals surface area contributed by atoms with Crippen molar-refractivity contribution in [1.82, 2.24) is 4.90 Å². The molecule has 1 aromatic rings. The number of halogens is 1. The maximum atomic E-state index is 12.1. The molecule has 1 unspecified atom stereocenters. The van der Waals surface area contributed by atoms with Crippen LogP contribution in [-0.2, 0) is 4.87 Å². The molecule has 2 heterocycles. The van der Waals surface area contributed by atoms with E-state index < -0.39 is 0 Å². The highest BCUT2D eigenvalue weighted by atomic mass is 35.5. The summed E-state index contributed by atoms with van der Waals surface area (Å²) in [5, 5.41) is 0.818. The van der Waals surface area contributed by atoms with E-state index in [1.165, 1.54) is 11.8 Å². The molecule has 17 heavy (non-hydrogen) atoms. The maximum absolute atomic E-state index is 12.1. The van der Waals surface area contributed by atoms with E-state index in [9.17, 15) is 4.79 Å². The van der Waals surface area contributed by atoms with Gasteiger partial charge in [-0.2, -0.15) is 0 Å². The van der Waals surface area contributed by atoms with Crippen molar-refractivity contribution in [2.24, 2.45) is 0 Å². The first-order valence-electron chi connectivity index (χ1n) is 5.96. The van der Waals surface area contributed by atoms with Gasteiger partial charge in [-0.1, -0.05) is 36.4 Å². The van der Waals surface area contributed by atoms with E-state index in [-0.39, 0.29) is 9.99 Å². The predicted octanol–water partition coefficient (Wildman–Crippen LogP) is 3.50. The van der Waals surface area contributed by atoms with E-state index in [2.05, 4.69) is 11.8 Å². The van der Waals surface area contributed by atoms with Crippen LogP contribution < -0.4 is 0 Å². The molecule has 3 rings (SSSR count). The molecule has 1 spiro atoms. The Bertz CT molecular complexity index is 490. The fourth-order valence-electron chi connectivity index (χ4n) is 2.97. The largest absolute Gasteiger partial charge is 0.285 e. The lowest BCUT2D eigenvalue weighted by molar-refractivity contribution is 0.109. The number of hydrogen-bond donors (Lipinski definition) is 0. The molecule has 2 aliphatic heterocycles. The number of carbonyl (C=O) groups is 1. The Morgan fingerprint density at radius 1 is 1.53 bits per heavy atom. The summed E-state index contributed by atoms with van der Waals surface area (Å²) in [6.45, 7) is 4.23. The van der Waals surface area contributed by atoms with Crippen LogP contribution in [0.5, 0.6) is 0 Å². The minimum atomic E-state index is -0.105. The lowest BCUT2D eigenvalue weighted by Gasteiger charge is -2.33. The van der Waals surface area contributed by atoms with E-state index in [1.54, 1.807) is 0 Å². The van der Waals surface area contributed by atoms with Crippen molar-refractivity contribution in [1.29, 1.82) is 0 Å². The van der Waals surface area contributed by atoms with Gasteiger partial charge in [0.05, 0.1) is 0 Å². The van der Waals surface area contributed by atoms with E-state index in [0.29, 0.717) is 5.02 Å². The van der Waals surface area contributed by atoms with Crippen molar-refractivity contribution >= 4 is 28.5 Å². The van der Waals surface area contributed by atoms with Gasteiger partial charge in [0.2, 0.25) is 5.12 Å². The molecule has 0 aromatic heterocycles. The molecule has 1 fully saturated rings. The molecular formula is C13H14ClNOS. The maximum Gasteiger partial charge on any atom is 0.221 e. The Morgan fingerprint density at radius 3 is 3.12 bits per heavy atom. The third-order valence-corrected chi connectivity index (χ3v) is 5.38. The standard InChI is InChI=1S/C13H14ClNOS/c1-2-15-7-3-6-13(15)11-5-4-9(14)8-10(11)12(16)17-13/h4-5,8H,2-3,6-7H2,1H3. The zero-order valence-electron chi connectivity index (χ0n) is 9.70. The number of hydrogen-bond acceptors (Lipinski definition) is 3. The van der Waals surface area contributed by atoms with Gasteiger partial charge in [-0.25, -0.2) is 0 Å². The van der Waals surface area contributed by atoms with Gasteiger partial charge >= 0.3 is 0 Å². The summed E-state index contributed by atoms with van der Waals surface area (Å²) in [7, 11) is 0. The first-order chi connectivity index (χ1) is 8.17. The fraction of sp³-hybridized carbons (Fsp3) is 0.462. The molecule has 0 bridgehead atoms. The summed E-state index contributed by atoms with van der Waals surface area (Å²) in [6, 6.07) is 5.74. The summed E-state index contributed by atoms with van der Waals surface area (Å²) in [4.78, 5) is 14.4. The van der Waals surface area contributed by atoms with E-state index in [0.717, 1.165) is 37.1 Å². The Labute approximate surface area is 110 Å². The van der Waals surface area contributed by atoms with Gasteiger partial charge in [-0.3, -0.25) is 9.69 Å². The number of fused-ring (bicyclic) bond motifs is 2. The molecule has 0 amide bonds. The second-order valence-electron chi connectivity index (χ2n) is 4.55. The SMILES string of the molecule is CCN1CCCC12SC(=O)c1cc(Cl)ccc12. The predicted molar refractivity (Wildman–Crippen MR) is 71.5 cm³/mol. The third-order valence-electron chi connectivity index (χ3n) is 3.72.